The van der Waals surface area contributed by atoms with E-state index in [2.05, 4.69) is 52.9 Å². The lowest BCUT2D eigenvalue weighted by Crippen LogP contribution is -2.01. The summed E-state index contributed by atoms with van der Waals surface area (Å²) in [7, 11) is 1.71. The molecule has 1 aromatic carbocycles. The number of ether oxygens (including phenoxy) is 1. The van der Waals surface area contributed by atoms with Gasteiger partial charge in [-0.15, -0.1) is 10.2 Å². The van der Waals surface area contributed by atoms with Crippen molar-refractivity contribution < 1.29 is 4.74 Å². The molecule has 2 aromatic rings. The molecule has 0 saturated heterocycles. The molecule has 2 rings (SSSR count). The average Bonchev–Trinajstić information content (AvgIpc) is 2.82. The van der Waals surface area contributed by atoms with E-state index < -0.39 is 0 Å². The van der Waals surface area contributed by atoms with E-state index in [-0.39, 0.29) is 0 Å². The maximum absolute atomic E-state index is 5.07. The first kappa shape index (κ1) is 14.1. The average molecular weight is 277 g/mol. The minimum Gasteiger partial charge on any atom is -0.384 e. The second-order valence-electron chi connectivity index (χ2n) is 4.26. The van der Waals surface area contributed by atoms with E-state index in [1.807, 2.05) is 0 Å². The predicted molar refractivity (Wildman–Crippen MR) is 78.5 cm³/mol. The standard InChI is InChI=1S/C14H19N3OS/c1-4-17-13(12-7-5-6-11(2)10-12)15-16-14(17)19-9-8-18-3/h5-7,10H,4,8-9H2,1-3H3. The maximum atomic E-state index is 5.07. The van der Waals surface area contributed by atoms with Gasteiger partial charge in [-0.3, -0.25) is 0 Å². The Morgan fingerprint density at radius 2 is 2.16 bits per heavy atom. The highest BCUT2D eigenvalue weighted by Gasteiger charge is 2.12. The topological polar surface area (TPSA) is 39.9 Å². The summed E-state index contributed by atoms with van der Waals surface area (Å²) in [6.45, 7) is 5.79. The van der Waals surface area contributed by atoms with Gasteiger partial charge in [-0.1, -0.05) is 35.5 Å². The maximum Gasteiger partial charge on any atom is 0.191 e. The summed E-state index contributed by atoms with van der Waals surface area (Å²) in [5.74, 6) is 1.83. The number of hydrogen-bond donors (Lipinski definition) is 0. The molecule has 0 N–H and O–H groups in total. The molecule has 0 spiro atoms. The molecule has 0 fully saturated rings. The summed E-state index contributed by atoms with van der Waals surface area (Å²) in [4.78, 5) is 0. The van der Waals surface area contributed by atoms with Crippen LogP contribution >= 0.6 is 11.8 Å². The van der Waals surface area contributed by atoms with Gasteiger partial charge in [0.1, 0.15) is 0 Å². The molecule has 1 aromatic heterocycles. The number of hydrogen-bond acceptors (Lipinski definition) is 4. The van der Waals surface area contributed by atoms with Gasteiger partial charge in [0.25, 0.3) is 0 Å². The van der Waals surface area contributed by atoms with Crippen molar-refractivity contribution in [1.82, 2.24) is 14.8 Å². The van der Waals surface area contributed by atoms with Crippen LogP contribution in [0.1, 0.15) is 12.5 Å². The molecule has 0 aliphatic heterocycles. The summed E-state index contributed by atoms with van der Waals surface area (Å²) in [5, 5.41) is 9.57. The van der Waals surface area contributed by atoms with Crippen LogP contribution < -0.4 is 0 Å². The summed E-state index contributed by atoms with van der Waals surface area (Å²) in [6, 6.07) is 8.36. The SMILES string of the molecule is CCn1c(SCCOC)nnc1-c1cccc(C)c1. The summed E-state index contributed by atoms with van der Waals surface area (Å²) in [6.07, 6.45) is 0. The van der Waals surface area contributed by atoms with Gasteiger partial charge in [-0.25, -0.2) is 0 Å². The van der Waals surface area contributed by atoms with Crippen molar-refractivity contribution in [3.8, 4) is 11.4 Å². The van der Waals surface area contributed by atoms with Crippen LogP contribution in [-0.2, 0) is 11.3 Å². The Morgan fingerprint density at radius 3 is 2.84 bits per heavy atom. The fourth-order valence-electron chi connectivity index (χ4n) is 1.89. The molecule has 0 saturated carbocycles. The summed E-state index contributed by atoms with van der Waals surface area (Å²) >= 11 is 1.68. The lowest BCUT2D eigenvalue weighted by Gasteiger charge is -2.07. The number of benzene rings is 1. The second kappa shape index (κ2) is 6.73. The molecule has 0 bridgehead atoms. The Labute approximate surface area is 118 Å². The zero-order valence-corrected chi connectivity index (χ0v) is 12.4. The Bertz CT molecular complexity index is 539. The highest BCUT2D eigenvalue weighted by molar-refractivity contribution is 7.99. The number of aryl methyl sites for hydroxylation is 1. The van der Waals surface area contributed by atoms with Crippen LogP contribution in [0, 0.1) is 6.92 Å². The van der Waals surface area contributed by atoms with Gasteiger partial charge in [0, 0.05) is 25.0 Å². The third-order valence-corrected chi connectivity index (χ3v) is 3.76. The van der Waals surface area contributed by atoms with E-state index in [9.17, 15) is 0 Å². The van der Waals surface area contributed by atoms with E-state index in [1.165, 1.54) is 5.56 Å². The minimum atomic E-state index is 0.723. The van der Waals surface area contributed by atoms with Crippen LogP contribution in [0.2, 0.25) is 0 Å². The molecule has 4 nitrogen and oxygen atoms in total. The van der Waals surface area contributed by atoms with Gasteiger partial charge in [0.15, 0.2) is 11.0 Å². The number of nitrogens with zero attached hydrogens (tertiary/aromatic N) is 3. The zero-order valence-electron chi connectivity index (χ0n) is 11.6. The van der Waals surface area contributed by atoms with Gasteiger partial charge in [-0.05, 0) is 19.9 Å². The summed E-state index contributed by atoms with van der Waals surface area (Å²) < 4.78 is 7.21. The highest BCUT2D eigenvalue weighted by Crippen LogP contribution is 2.24. The predicted octanol–water partition coefficient (Wildman–Crippen LogP) is 3.01. The normalized spacial score (nSPS) is 10.9. The van der Waals surface area contributed by atoms with Crippen molar-refractivity contribution >= 4 is 11.8 Å². The first-order valence-corrected chi connectivity index (χ1v) is 7.36. The Kier molecular flexibility index (Phi) is 4.99. The molecule has 5 heteroatoms. The van der Waals surface area contributed by atoms with Gasteiger partial charge in [0.05, 0.1) is 6.61 Å². The molecule has 0 unspecified atom stereocenters. The molecular weight excluding hydrogens is 258 g/mol. The van der Waals surface area contributed by atoms with E-state index in [0.29, 0.717) is 0 Å². The van der Waals surface area contributed by atoms with Gasteiger partial charge in [0.2, 0.25) is 0 Å². The molecule has 1 heterocycles. The van der Waals surface area contributed by atoms with E-state index >= 15 is 0 Å². The first-order chi connectivity index (χ1) is 9.26. The van der Waals surface area contributed by atoms with Crippen LogP contribution in [0.15, 0.2) is 29.4 Å². The van der Waals surface area contributed by atoms with Crippen LogP contribution in [0.4, 0.5) is 0 Å². The van der Waals surface area contributed by atoms with Crippen LogP contribution in [0.25, 0.3) is 11.4 Å². The number of rotatable bonds is 6. The lowest BCUT2D eigenvalue weighted by atomic mass is 10.1. The molecule has 0 aliphatic rings. The minimum absolute atomic E-state index is 0.723. The van der Waals surface area contributed by atoms with E-state index in [0.717, 1.165) is 35.4 Å². The third-order valence-electron chi connectivity index (χ3n) is 2.83. The smallest absolute Gasteiger partial charge is 0.191 e. The number of methoxy groups -OCH3 is 1. The van der Waals surface area contributed by atoms with E-state index in [4.69, 9.17) is 4.74 Å². The number of thioether (sulfide) groups is 1. The zero-order chi connectivity index (χ0) is 13.7. The van der Waals surface area contributed by atoms with Gasteiger partial charge in [-0.2, -0.15) is 0 Å². The van der Waals surface area contributed by atoms with Crippen molar-refractivity contribution in [2.75, 3.05) is 19.5 Å². The lowest BCUT2D eigenvalue weighted by molar-refractivity contribution is 0.218. The van der Waals surface area contributed by atoms with Crippen molar-refractivity contribution in [3.63, 3.8) is 0 Å². The quantitative estimate of drug-likeness (QED) is 0.601. The largest absolute Gasteiger partial charge is 0.384 e. The van der Waals surface area contributed by atoms with E-state index in [1.54, 1.807) is 18.9 Å². The molecule has 0 radical (unpaired) electrons. The highest BCUT2D eigenvalue weighted by atomic mass is 32.2. The molecule has 0 atom stereocenters. The third kappa shape index (κ3) is 3.36. The Hall–Kier alpha value is -1.33. The van der Waals surface area contributed by atoms with Crippen molar-refractivity contribution in [2.24, 2.45) is 0 Å². The van der Waals surface area contributed by atoms with Gasteiger partial charge < -0.3 is 9.30 Å². The monoisotopic (exact) mass is 277 g/mol. The Morgan fingerprint density at radius 1 is 1.32 bits per heavy atom. The van der Waals surface area contributed by atoms with Crippen LogP contribution in [-0.4, -0.2) is 34.2 Å². The Balaban J connectivity index is 2.26. The van der Waals surface area contributed by atoms with Crippen molar-refractivity contribution in [2.45, 2.75) is 25.5 Å². The molecule has 102 valence electrons. The van der Waals surface area contributed by atoms with Gasteiger partial charge >= 0.3 is 0 Å². The molecule has 19 heavy (non-hydrogen) atoms. The number of aromatic nitrogens is 3. The molecular formula is C14H19N3OS. The van der Waals surface area contributed by atoms with Crippen LogP contribution in [0.5, 0.6) is 0 Å². The fourth-order valence-corrected chi connectivity index (χ4v) is 2.80. The summed E-state index contributed by atoms with van der Waals surface area (Å²) in [5.41, 5.74) is 2.35. The second-order valence-corrected chi connectivity index (χ2v) is 5.32. The van der Waals surface area contributed by atoms with Crippen molar-refractivity contribution in [3.05, 3.63) is 29.8 Å². The van der Waals surface area contributed by atoms with Crippen LogP contribution in [0.3, 0.4) is 0 Å². The molecule has 0 amide bonds. The first-order valence-electron chi connectivity index (χ1n) is 6.38. The van der Waals surface area contributed by atoms with Crippen molar-refractivity contribution in [1.29, 1.82) is 0 Å². The fraction of sp³-hybridized carbons (Fsp3) is 0.429. The molecule has 0 aliphatic carbocycles.